The molecule has 0 aliphatic carbocycles. The number of halogens is 2. The summed E-state index contributed by atoms with van der Waals surface area (Å²) in [6.45, 7) is -0.163. The van der Waals surface area contributed by atoms with Crippen molar-refractivity contribution in [1.29, 1.82) is 0 Å². The third-order valence-corrected chi connectivity index (χ3v) is 7.84. The smallest absolute Gasteiger partial charge is 0.278 e. The summed E-state index contributed by atoms with van der Waals surface area (Å²) in [4.78, 5) is 27.8. The Bertz CT molecular complexity index is 1460. The van der Waals surface area contributed by atoms with E-state index in [9.17, 15) is 23.5 Å². The minimum Gasteiger partial charge on any atom is -0.502 e. The molecule has 2 aromatic carbocycles. The summed E-state index contributed by atoms with van der Waals surface area (Å²) in [7, 11) is 0. The molecule has 3 aromatic rings. The predicted molar refractivity (Wildman–Crippen MR) is 130 cm³/mol. The van der Waals surface area contributed by atoms with Crippen LogP contribution in [0.2, 0.25) is 0 Å². The van der Waals surface area contributed by atoms with E-state index in [1.54, 1.807) is 16.8 Å². The molecule has 0 saturated heterocycles. The van der Waals surface area contributed by atoms with Crippen LogP contribution in [0, 0.1) is 0 Å². The normalized spacial score (nSPS) is 21.5. The van der Waals surface area contributed by atoms with Crippen LogP contribution in [0.25, 0.3) is 0 Å². The summed E-state index contributed by atoms with van der Waals surface area (Å²) >= 11 is 1.65. The van der Waals surface area contributed by atoms with Crippen LogP contribution in [-0.2, 0) is 5.75 Å². The van der Waals surface area contributed by atoms with Crippen LogP contribution in [0.4, 0.5) is 8.78 Å². The fraction of sp³-hybridized carbons (Fsp3) is 0.231. The molecule has 3 aliphatic heterocycles. The van der Waals surface area contributed by atoms with Gasteiger partial charge in [0, 0.05) is 28.5 Å². The molecule has 1 N–H and O–H groups in total. The number of hydrogen-bond acceptors (Lipinski definition) is 6. The van der Waals surface area contributed by atoms with Gasteiger partial charge in [0.05, 0.1) is 0 Å². The van der Waals surface area contributed by atoms with E-state index in [1.807, 2.05) is 42.5 Å². The Kier molecular flexibility index (Phi) is 5.48. The maximum Gasteiger partial charge on any atom is 0.278 e. The summed E-state index contributed by atoms with van der Waals surface area (Å²) in [5, 5.41) is 12.4. The van der Waals surface area contributed by atoms with Crippen molar-refractivity contribution in [3.05, 3.63) is 99.5 Å². The van der Waals surface area contributed by atoms with Gasteiger partial charge in [-0.25, -0.2) is 8.78 Å². The first-order chi connectivity index (χ1) is 17.5. The number of pyridine rings is 1. The lowest BCUT2D eigenvalue weighted by molar-refractivity contribution is 0.0277. The van der Waals surface area contributed by atoms with Crippen LogP contribution in [0.3, 0.4) is 0 Å². The van der Waals surface area contributed by atoms with Gasteiger partial charge in [-0.15, -0.1) is 11.8 Å². The molecular weight excluding hydrogens is 488 g/mol. The van der Waals surface area contributed by atoms with Crippen LogP contribution < -0.4 is 15.2 Å². The van der Waals surface area contributed by atoms with Crippen LogP contribution >= 0.6 is 11.8 Å². The predicted octanol–water partition coefficient (Wildman–Crippen LogP) is 3.88. The molecule has 10 heteroatoms. The first-order valence-electron chi connectivity index (χ1n) is 11.4. The minimum atomic E-state index is -2.90. The van der Waals surface area contributed by atoms with E-state index in [0.29, 0.717) is 11.5 Å². The number of nitrogens with zero attached hydrogens (tertiary/aromatic N) is 3. The molecule has 1 unspecified atom stereocenters. The second-order valence-corrected chi connectivity index (χ2v) is 9.72. The van der Waals surface area contributed by atoms with Crippen molar-refractivity contribution in [2.24, 2.45) is 0 Å². The number of rotatable bonds is 1. The van der Waals surface area contributed by atoms with Gasteiger partial charge in [-0.05, 0) is 29.3 Å². The number of carbonyl (C=O) groups is 1. The Hall–Kier alpha value is -3.79. The van der Waals surface area contributed by atoms with Gasteiger partial charge in [-0.1, -0.05) is 36.4 Å². The van der Waals surface area contributed by atoms with E-state index in [4.69, 9.17) is 4.74 Å². The number of aromatic hydroxyl groups is 1. The van der Waals surface area contributed by atoms with Crippen LogP contribution in [0.1, 0.15) is 33.2 Å². The van der Waals surface area contributed by atoms with Crippen molar-refractivity contribution < 1.29 is 23.4 Å². The van der Waals surface area contributed by atoms with Gasteiger partial charge in [0.25, 0.3) is 12.3 Å². The van der Waals surface area contributed by atoms with Crippen molar-refractivity contribution in [3.8, 4) is 11.5 Å². The maximum absolute atomic E-state index is 14.3. The molecule has 0 saturated carbocycles. The fourth-order valence-electron chi connectivity index (χ4n) is 5.06. The largest absolute Gasteiger partial charge is 0.502 e. The molecular formula is C26H21F2N3O4S. The van der Waals surface area contributed by atoms with Crippen molar-refractivity contribution in [1.82, 2.24) is 9.58 Å². The molecule has 0 spiro atoms. The molecule has 0 radical (unpaired) electrons. The van der Waals surface area contributed by atoms with E-state index in [-0.39, 0.29) is 19.0 Å². The lowest BCUT2D eigenvalue weighted by Gasteiger charge is -2.45. The van der Waals surface area contributed by atoms with Gasteiger partial charge in [-0.2, -0.15) is 0 Å². The number of aromatic nitrogens is 1. The van der Waals surface area contributed by atoms with Crippen LogP contribution in [0.15, 0.2) is 76.6 Å². The summed E-state index contributed by atoms with van der Waals surface area (Å²) in [5.41, 5.74) is 1.64. The lowest BCUT2D eigenvalue weighted by Crippen LogP contribution is -2.59. The van der Waals surface area contributed by atoms with E-state index in [0.717, 1.165) is 32.6 Å². The van der Waals surface area contributed by atoms with Gasteiger partial charge in [0.2, 0.25) is 5.43 Å². The summed E-state index contributed by atoms with van der Waals surface area (Å²) in [6.07, 6.45) is 1.23. The molecule has 184 valence electrons. The fourth-order valence-corrected chi connectivity index (χ4v) is 6.14. The molecule has 6 rings (SSSR count). The Balaban J connectivity index is 1.69. The van der Waals surface area contributed by atoms with Crippen LogP contribution in [0.5, 0.6) is 11.5 Å². The molecule has 7 nitrogen and oxygen atoms in total. The van der Waals surface area contributed by atoms with Crippen molar-refractivity contribution in [2.75, 3.05) is 18.3 Å². The number of alkyl halides is 2. The average molecular weight is 510 g/mol. The zero-order valence-corrected chi connectivity index (χ0v) is 19.7. The number of carbonyl (C=O) groups excluding carboxylic acids is 1. The SMILES string of the molecule is O=C1c2c(O)c(=O)ccn2N2CN1C(C(F)F)/C=C/COc1cccc3c1[C@@H]2c1ccccc1SC3. The monoisotopic (exact) mass is 509 g/mol. The van der Waals surface area contributed by atoms with Gasteiger partial charge in [0.1, 0.15) is 31.1 Å². The molecule has 3 aliphatic rings. The third-order valence-electron chi connectivity index (χ3n) is 6.70. The zero-order valence-electron chi connectivity index (χ0n) is 18.9. The Morgan fingerprint density at radius 1 is 1.08 bits per heavy atom. The van der Waals surface area contributed by atoms with Crippen molar-refractivity contribution in [3.63, 3.8) is 0 Å². The van der Waals surface area contributed by atoms with Crippen molar-refractivity contribution >= 4 is 17.7 Å². The number of ether oxygens (including phenoxy) is 1. The Morgan fingerprint density at radius 2 is 1.92 bits per heavy atom. The highest BCUT2D eigenvalue weighted by Gasteiger charge is 2.43. The van der Waals surface area contributed by atoms with Gasteiger partial charge in [0.15, 0.2) is 11.4 Å². The zero-order chi connectivity index (χ0) is 25.0. The lowest BCUT2D eigenvalue weighted by atomic mass is 9.93. The number of amides is 1. The molecule has 36 heavy (non-hydrogen) atoms. The molecule has 4 heterocycles. The second kappa shape index (κ2) is 8.70. The second-order valence-electron chi connectivity index (χ2n) is 8.70. The van der Waals surface area contributed by atoms with E-state index in [1.165, 1.54) is 23.0 Å². The summed E-state index contributed by atoms with van der Waals surface area (Å²) in [6, 6.07) is 12.6. The van der Waals surface area contributed by atoms with Gasteiger partial charge < -0.3 is 14.7 Å². The third kappa shape index (κ3) is 3.47. The standard InChI is InChI=1S/C26H21F2N3O4S/c27-25(28)17-7-4-12-35-19-8-3-5-15-13-36-20-9-2-1-6-16(20)22(21(15)19)31-14-29(17)26(34)23-24(33)18(32)10-11-30(23)31/h1-11,17,22,25,33H,12-14H2/b7-4+/t17?,22-/m0/s1. The Labute approximate surface area is 209 Å². The van der Waals surface area contributed by atoms with Crippen LogP contribution in [-0.4, -0.2) is 46.3 Å². The highest BCUT2D eigenvalue weighted by Crippen LogP contribution is 2.46. The first-order valence-corrected chi connectivity index (χ1v) is 12.4. The first kappa shape index (κ1) is 22.7. The van der Waals surface area contributed by atoms with E-state index < -0.39 is 35.6 Å². The molecule has 1 aromatic heterocycles. The topological polar surface area (TPSA) is 75.0 Å². The number of thioether (sulfide) groups is 1. The summed E-state index contributed by atoms with van der Waals surface area (Å²) in [5.74, 6) is -0.356. The molecule has 2 atom stereocenters. The molecule has 2 bridgehead atoms. The van der Waals surface area contributed by atoms with E-state index >= 15 is 0 Å². The average Bonchev–Trinajstić information content (AvgIpc) is 3.05. The molecule has 0 fully saturated rings. The number of fused-ring (bicyclic) bond motifs is 7. The highest BCUT2D eigenvalue weighted by atomic mass is 32.2. The van der Waals surface area contributed by atoms with Gasteiger partial charge in [-0.3, -0.25) is 19.3 Å². The Morgan fingerprint density at radius 3 is 2.75 bits per heavy atom. The highest BCUT2D eigenvalue weighted by molar-refractivity contribution is 7.98. The maximum atomic E-state index is 14.3. The summed E-state index contributed by atoms with van der Waals surface area (Å²) < 4.78 is 36.0. The van der Waals surface area contributed by atoms with Crippen molar-refractivity contribution in [2.45, 2.75) is 29.2 Å². The number of benzene rings is 2. The van der Waals surface area contributed by atoms with Gasteiger partial charge >= 0.3 is 0 Å². The number of hydrogen-bond donors (Lipinski definition) is 1. The van der Waals surface area contributed by atoms with E-state index in [2.05, 4.69) is 0 Å². The molecule has 1 amide bonds. The minimum absolute atomic E-state index is 0.0409. The quantitative estimate of drug-likeness (QED) is 0.502.